The Morgan fingerprint density at radius 1 is 1.33 bits per heavy atom. The Hall–Kier alpha value is -1.12. The first-order valence-corrected chi connectivity index (χ1v) is 3.92. The van der Waals surface area contributed by atoms with Crippen molar-refractivity contribution in [2.45, 2.75) is 26.7 Å². The maximum Gasteiger partial charge on any atom is 0.306 e. The molecule has 0 aromatic rings. The van der Waals surface area contributed by atoms with Crippen LogP contribution in [0.4, 0.5) is 0 Å². The minimum atomic E-state index is -0.327. The summed E-state index contributed by atoms with van der Waals surface area (Å²) in [6, 6.07) is 0. The van der Waals surface area contributed by atoms with E-state index in [1.165, 1.54) is 0 Å². The fraction of sp³-hybridized carbons (Fsp3) is 0.556. The van der Waals surface area contributed by atoms with Crippen molar-refractivity contribution in [3.05, 3.63) is 12.2 Å². The van der Waals surface area contributed by atoms with Crippen molar-refractivity contribution in [2.24, 2.45) is 0 Å². The van der Waals surface area contributed by atoms with E-state index in [0.29, 0.717) is 12.2 Å². The summed E-state index contributed by atoms with van der Waals surface area (Å²) >= 11 is 0. The third-order valence-corrected chi connectivity index (χ3v) is 1.34. The average molecular weight is 170 g/mol. The van der Waals surface area contributed by atoms with Gasteiger partial charge in [-0.25, -0.2) is 0 Å². The summed E-state index contributed by atoms with van der Waals surface area (Å²) in [7, 11) is 0. The molecule has 0 bridgehead atoms. The van der Waals surface area contributed by atoms with Crippen LogP contribution in [0.15, 0.2) is 12.2 Å². The molecule has 0 rings (SSSR count). The number of esters is 1. The van der Waals surface area contributed by atoms with E-state index in [1.807, 2.05) is 0 Å². The Bertz CT molecular complexity index is 194. The van der Waals surface area contributed by atoms with Crippen LogP contribution in [0, 0.1) is 0 Å². The predicted octanol–water partition coefficient (Wildman–Crippen LogP) is 1.47. The standard InChI is InChI=1S/C9H14O3/c1-4-12-9(11)6-5-8(10)7(2)3/h2,4-6H2,1,3H3. The summed E-state index contributed by atoms with van der Waals surface area (Å²) in [5, 5.41) is 0. The Balaban J connectivity index is 3.61. The van der Waals surface area contributed by atoms with Gasteiger partial charge in [0.25, 0.3) is 0 Å². The molecule has 0 atom stereocenters. The first-order chi connectivity index (χ1) is 5.57. The molecule has 0 radical (unpaired) electrons. The molecule has 3 nitrogen and oxygen atoms in total. The van der Waals surface area contributed by atoms with Gasteiger partial charge in [-0.2, -0.15) is 0 Å². The quantitative estimate of drug-likeness (QED) is 0.463. The highest BCUT2D eigenvalue weighted by Gasteiger charge is 2.07. The van der Waals surface area contributed by atoms with Crippen LogP contribution in [-0.2, 0) is 14.3 Å². The molecule has 0 fully saturated rings. The number of carbonyl (C=O) groups is 2. The summed E-state index contributed by atoms with van der Waals surface area (Å²) in [5.41, 5.74) is 0.485. The Kier molecular flexibility index (Phi) is 5.00. The van der Waals surface area contributed by atoms with E-state index < -0.39 is 0 Å². The van der Waals surface area contributed by atoms with Gasteiger partial charge in [0, 0.05) is 6.42 Å². The van der Waals surface area contributed by atoms with Crippen LogP contribution in [0.3, 0.4) is 0 Å². The zero-order valence-electron chi connectivity index (χ0n) is 7.55. The molecule has 0 aliphatic carbocycles. The second-order valence-corrected chi connectivity index (χ2v) is 2.51. The lowest BCUT2D eigenvalue weighted by atomic mass is 10.1. The minimum Gasteiger partial charge on any atom is -0.466 e. The van der Waals surface area contributed by atoms with Crippen LogP contribution in [-0.4, -0.2) is 18.4 Å². The van der Waals surface area contributed by atoms with Crippen LogP contribution < -0.4 is 0 Å². The van der Waals surface area contributed by atoms with Crippen molar-refractivity contribution >= 4 is 11.8 Å². The van der Waals surface area contributed by atoms with Crippen LogP contribution in [0.2, 0.25) is 0 Å². The lowest BCUT2D eigenvalue weighted by Crippen LogP contribution is -2.07. The summed E-state index contributed by atoms with van der Waals surface area (Å²) in [6.45, 7) is 7.21. The van der Waals surface area contributed by atoms with Crippen LogP contribution in [0.5, 0.6) is 0 Å². The number of ketones is 1. The molecule has 0 spiro atoms. The number of allylic oxidation sites excluding steroid dienone is 1. The van der Waals surface area contributed by atoms with Crippen LogP contribution >= 0.6 is 0 Å². The second kappa shape index (κ2) is 5.52. The van der Waals surface area contributed by atoms with Crippen LogP contribution in [0.1, 0.15) is 26.7 Å². The largest absolute Gasteiger partial charge is 0.466 e. The van der Waals surface area contributed by atoms with Crippen molar-refractivity contribution in [2.75, 3.05) is 6.61 Å². The Labute approximate surface area is 72.4 Å². The van der Waals surface area contributed by atoms with Gasteiger partial charge in [0.1, 0.15) is 0 Å². The Morgan fingerprint density at radius 3 is 2.33 bits per heavy atom. The molecule has 0 saturated heterocycles. The molecule has 0 heterocycles. The normalized spacial score (nSPS) is 9.17. The smallest absolute Gasteiger partial charge is 0.306 e. The van der Waals surface area contributed by atoms with Crippen molar-refractivity contribution < 1.29 is 14.3 Å². The van der Waals surface area contributed by atoms with Crippen LogP contribution in [0.25, 0.3) is 0 Å². The molecule has 0 unspecified atom stereocenters. The molecule has 12 heavy (non-hydrogen) atoms. The molecule has 0 N–H and O–H groups in total. The first-order valence-electron chi connectivity index (χ1n) is 3.92. The molecule has 0 saturated carbocycles. The summed E-state index contributed by atoms with van der Waals surface area (Å²) in [4.78, 5) is 21.7. The highest BCUT2D eigenvalue weighted by Crippen LogP contribution is 2.00. The third-order valence-electron chi connectivity index (χ3n) is 1.34. The van der Waals surface area contributed by atoms with Gasteiger partial charge >= 0.3 is 5.97 Å². The van der Waals surface area contributed by atoms with Gasteiger partial charge in [-0.1, -0.05) is 6.58 Å². The number of Topliss-reactive ketones (excluding diaryl/α,β-unsaturated/α-hetero) is 1. The zero-order valence-corrected chi connectivity index (χ0v) is 7.55. The molecule has 3 heteroatoms. The third kappa shape index (κ3) is 4.66. The number of hydrogen-bond donors (Lipinski definition) is 0. The van der Waals surface area contributed by atoms with Crippen molar-refractivity contribution in [3.8, 4) is 0 Å². The minimum absolute atomic E-state index is 0.0805. The molecular formula is C9H14O3. The molecule has 0 aliphatic rings. The molecule has 0 aliphatic heterocycles. The molecular weight excluding hydrogens is 156 g/mol. The monoisotopic (exact) mass is 170 g/mol. The SMILES string of the molecule is C=C(C)C(=O)CCC(=O)OCC. The van der Waals surface area contributed by atoms with E-state index in [0.717, 1.165) is 0 Å². The number of hydrogen-bond acceptors (Lipinski definition) is 3. The number of rotatable bonds is 5. The molecule has 0 aromatic carbocycles. The maximum absolute atomic E-state index is 10.9. The van der Waals surface area contributed by atoms with E-state index in [1.54, 1.807) is 13.8 Å². The first kappa shape index (κ1) is 10.9. The maximum atomic E-state index is 10.9. The average Bonchev–Trinajstić information content (AvgIpc) is 2.00. The number of ether oxygens (including phenoxy) is 1. The second-order valence-electron chi connectivity index (χ2n) is 2.51. The zero-order chi connectivity index (χ0) is 9.56. The van der Waals surface area contributed by atoms with E-state index in [2.05, 4.69) is 11.3 Å². The lowest BCUT2D eigenvalue weighted by molar-refractivity contribution is -0.144. The van der Waals surface area contributed by atoms with Gasteiger partial charge < -0.3 is 4.74 Å². The van der Waals surface area contributed by atoms with Gasteiger partial charge in [0.2, 0.25) is 0 Å². The van der Waals surface area contributed by atoms with Gasteiger partial charge in [0.15, 0.2) is 5.78 Å². The molecule has 0 aromatic heterocycles. The lowest BCUT2D eigenvalue weighted by Gasteiger charge is -2.00. The van der Waals surface area contributed by atoms with Gasteiger partial charge in [-0.3, -0.25) is 9.59 Å². The Morgan fingerprint density at radius 2 is 1.92 bits per heavy atom. The van der Waals surface area contributed by atoms with E-state index in [9.17, 15) is 9.59 Å². The van der Waals surface area contributed by atoms with Gasteiger partial charge in [-0.15, -0.1) is 0 Å². The van der Waals surface area contributed by atoms with Crippen molar-refractivity contribution in [1.29, 1.82) is 0 Å². The fourth-order valence-electron chi connectivity index (χ4n) is 0.662. The molecule has 0 amide bonds. The van der Waals surface area contributed by atoms with Gasteiger partial charge in [0.05, 0.1) is 13.0 Å². The molecule has 68 valence electrons. The highest BCUT2D eigenvalue weighted by atomic mass is 16.5. The van der Waals surface area contributed by atoms with Crippen molar-refractivity contribution in [1.82, 2.24) is 0 Å². The van der Waals surface area contributed by atoms with Crippen molar-refractivity contribution in [3.63, 3.8) is 0 Å². The van der Waals surface area contributed by atoms with E-state index in [-0.39, 0.29) is 24.6 Å². The summed E-state index contributed by atoms with van der Waals surface area (Å²) < 4.78 is 4.65. The van der Waals surface area contributed by atoms with E-state index in [4.69, 9.17) is 0 Å². The van der Waals surface area contributed by atoms with E-state index >= 15 is 0 Å². The summed E-state index contributed by atoms with van der Waals surface area (Å²) in [6.07, 6.45) is 0.355. The predicted molar refractivity (Wildman–Crippen MR) is 45.7 cm³/mol. The summed E-state index contributed by atoms with van der Waals surface area (Å²) in [5.74, 6) is -0.407. The topological polar surface area (TPSA) is 43.4 Å². The highest BCUT2D eigenvalue weighted by molar-refractivity contribution is 5.95. The van der Waals surface area contributed by atoms with Gasteiger partial charge in [-0.05, 0) is 19.4 Å². The fourth-order valence-corrected chi connectivity index (χ4v) is 0.662. The number of carbonyl (C=O) groups excluding carboxylic acids is 2.